The second-order valence-corrected chi connectivity index (χ2v) is 7.45. The molecule has 0 fully saturated rings. The van der Waals surface area contributed by atoms with Crippen LogP contribution in [0.3, 0.4) is 0 Å². The Morgan fingerprint density at radius 2 is 1.50 bits per heavy atom. The van der Waals surface area contributed by atoms with Crippen molar-refractivity contribution in [2.75, 3.05) is 17.8 Å². The molecule has 2 amide bonds. The van der Waals surface area contributed by atoms with Gasteiger partial charge in [0.15, 0.2) is 16.7 Å². The molecule has 2 heterocycles. The van der Waals surface area contributed by atoms with E-state index in [0.29, 0.717) is 39.5 Å². The zero-order valence-corrected chi connectivity index (χ0v) is 18.4. The first kappa shape index (κ1) is 21.5. The molecule has 4 aromatic rings. The molecule has 0 aliphatic carbocycles. The van der Waals surface area contributed by atoms with E-state index < -0.39 is 11.8 Å². The summed E-state index contributed by atoms with van der Waals surface area (Å²) in [6.45, 7) is 2.28. The highest BCUT2D eigenvalue weighted by Gasteiger charge is 2.29. The number of pyridine rings is 1. The van der Waals surface area contributed by atoms with Crippen LogP contribution in [-0.2, 0) is 0 Å². The average Bonchev–Trinajstić information content (AvgIpc) is 2.86. The van der Waals surface area contributed by atoms with Gasteiger partial charge in [0.1, 0.15) is 5.52 Å². The van der Waals surface area contributed by atoms with Crippen LogP contribution < -0.4 is 9.64 Å². The van der Waals surface area contributed by atoms with Gasteiger partial charge in [-0.25, -0.2) is 19.9 Å². The predicted octanol–water partition coefficient (Wildman–Crippen LogP) is 4.63. The van der Waals surface area contributed by atoms with Crippen LogP contribution >= 0.6 is 11.8 Å². The van der Waals surface area contributed by atoms with Crippen molar-refractivity contribution in [3.8, 4) is 5.75 Å². The van der Waals surface area contributed by atoms with E-state index in [1.54, 1.807) is 54.7 Å². The number of aromatic nitrogens is 3. The molecule has 160 valence electrons. The van der Waals surface area contributed by atoms with Gasteiger partial charge in [-0.05, 0) is 37.4 Å². The quantitative estimate of drug-likeness (QED) is 0.243. The number of anilines is 1. The van der Waals surface area contributed by atoms with Gasteiger partial charge in [0.2, 0.25) is 0 Å². The van der Waals surface area contributed by atoms with Crippen LogP contribution in [0.5, 0.6) is 5.75 Å². The van der Waals surface area contributed by atoms with Crippen LogP contribution in [0.1, 0.15) is 27.6 Å². The number of carbonyl (C=O) groups excluding carboxylic acids is 2. The third kappa shape index (κ3) is 4.17. The number of carbonyl (C=O) groups is 2. The molecule has 2 aromatic heterocycles. The van der Waals surface area contributed by atoms with E-state index in [9.17, 15) is 9.59 Å². The van der Waals surface area contributed by atoms with Gasteiger partial charge in [0, 0.05) is 17.3 Å². The zero-order valence-electron chi connectivity index (χ0n) is 17.6. The number of ether oxygens (including phenoxy) is 1. The van der Waals surface area contributed by atoms with Gasteiger partial charge >= 0.3 is 0 Å². The maximum absolute atomic E-state index is 13.5. The molecule has 0 N–H and O–H groups in total. The predicted molar refractivity (Wildman–Crippen MR) is 124 cm³/mol. The second kappa shape index (κ2) is 9.57. The standard InChI is InChI=1S/C24H20N4O3S/c1-3-31-19-15-25-21(18-14-26-24(32-2)27-20(18)19)28(22(29)16-10-6-4-7-11-16)23(30)17-12-8-5-9-13-17/h4-15H,3H2,1-2H3. The van der Waals surface area contributed by atoms with Crippen molar-refractivity contribution in [3.05, 3.63) is 84.2 Å². The Balaban J connectivity index is 1.94. The number of imide groups is 1. The van der Waals surface area contributed by atoms with E-state index in [0.717, 1.165) is 4.90 Å². The minimum atomic E-state index is -0.494. The summed E-state index contributed by atoms with van der Waals surface area (Å²) < 4.78 is 5.69. The van der Waals surface area contributed by atoms with E-state index in [1.165, 1.54) is 18.0 Å². The maximum Gasteiger partial charge on any atom is 0.266 e. The lowest BCUT2D eigenvalue weighted by molar-refractivity contribution is 0.0897. The molecule has 0 unspecified atom stereocenters. The van der Waals surface area contributed by atoms with Gasteiger partial charge in [0.05, 0.1) is 18.2 Å². The smallest absolute Gasteiger partial charge is 0.266 e. The van der Waals surface area contributed by atoms with Crippen molar-refractivity contribution in [2.24, 2.45) is 0 Å². The van der Waals surface area contributed by atoms with Crippen LogP contribution in [0, 0.1) is 0 Å². The number of benzene rings is 2. The summed E-state index contributed by atoms with van der Waals surface area (Å²) in [4.78, 5) is 41.5. The van der Waals surface area contributed by atoms with Gasteiger partial charge in [-0.3, -0.25) is 9.59 Å². The molecule has 0 spiro atoms. The van der Waals surface area contributed by atoms with Crippen LogP contribution in [-0.4, -0.2) is 39.6 Å². The Kier molecular flexibility index (Phi) is 6.42. The molecule has 2 aromatic carbocycles. The molecule has 0 bridgehead atoms. The lowest BCUT2D eigenvalue weighted by atomic mass is 10.1. The third-order valence-corrected chi connectivity index (χ3v) is 5.25. The molecule has 0 saturated carbocycles. The summed E-state index contributed by atoms with van der Waals surface area (Å²) in [5.41, 5.74) is 1.22. The molecule has 0 saturated heterocycles. The minimum absolute atomic E-state index is 0.152. The number of hydrogen-bond donors (Lipinski definition) is 0. The number of fused-ring (bicyclic) bond motifs is 1. The Bertz CT molecular complexity index is 1210. The van der Waals surface area contributed by atoms with E-state index in [4.69, 9.17) is 4.74 Å². The van der Waals surface area contributed by atoms with Gasteiger partial charge < -0.3 is 4.74 Å². The Morgan fingerprint density at radius 1 is 0.906 bits per heavy atom. The first-order valence-electron chi connectivity index (χ1n) is 9.95. The van der Waals surface area contributed by atoms with Crippen molar-refractivity contribution in [2.45, 2.75) is 12.1 Å². The fraction of sp³-hybridized carbons (Fsp3) is 0.125. The number of thioether (sulfide) groups is 1. The molecular weight excluding hydrogens is 424 g/mol. The first-order chi connectivity index (χ1) is 15.6. The van der Waals surface area contributed by atoms with Gasteiger partial charge in [-0.1, -0.05) is 48.2 Å². The summed E-state index contributed by atoms with van der Waals surface area (Å²) >= 11 is 1.39. The highest BCUT2D eigenvalue weighted by Crippen LogP contribution is 2.32. The van der Waals surface area contributed by atoms with Crippen LogP contribution in [0.25, 0.3) is 10.9 Å². The van der Waals surface area contributed by atoms with Gasteiger partial charge in [-0.2, -0.15) is 0 Å². The average molecular weight is 445 g/mol. The van der Waals surface area contributed by atoms with Gasteiger partial charge in [-0.15, -0.1) is 0 Å². The Hall–Kier alpha value is -3.78. The largest absolute Gasteiger partial charge is 0.490 e. The van der Waals surface area contributed by atoms with Crippen molar-refractivity contribution in [1.29, 1.82) is 0 Å². The molecule has 0 aliphatic rings. The van der Waals surface area contributed by atoms with E-state index in [2.05, 4.69) is 15.0 Å². The third-order valence-electron chi connectivity index (χ3n) is 4.69. The molecule has 7 nitrogen and oxygen atoms in total. The van der Waals surface area contributed by atoms with Crippen molar-refractivity contribution in [1.82, 2.24) is 15.0 Å². The highest BCUT2D eigenvalue weighted by molar-refractivity contribution is 7.98. The fourth-order valence-electron chi connectivity index (χ4n) is 3.21. The maximum atomic E-state index is 13.5. The molecule has 8 heteroatoms. The summed E-state index contributed by atoms with van der Waals surface area (Å²) in [7, 11) is 0. The van der Waals surface area contributed by atoms with Crippen molar-refractivity contribution >= 4 is 40.3 Å². The second-order valence-electron chi connectivity index (χ2n) is 6.68. The van der Waals surface area contributed by atoms with E-state index >= 15 is 0 Å². The topological polar surface area (TPSA) is 85.3 Å². The lowest BCUT2D eigenvalue weighted by Gasteiger charge is -2.22. The SMILES string of the molecule is CCOc1cnc(N(C(=O)c2ccccc2)C(=O)c2ccccc2)c2cnc(SC)nc12. The summed E-state index contributed by atoms with van der Waals surface area (Å²) in [6, 6.07) is 17.2. The molecular formula is C24H20N4O3S. The van der Waals surface area contributed by atoms with Crippen molar-refractivity contribution < 1.29 is 14.3 Å². The molecule has 4 rings (SSSR count). The van der Waals surface area contributed by atoms with Gasteiger partial charge in [0.25, 0.3) is 11.8 Å². The molecule has 0 atom stereocenters. The Labute approximate surface area is 189 Å². The summed E-state index contributed by atoms with van der Waals surface area (Å²) in [6.07, 6.45) is 4.93. The van der Waals surface area contributed by atoms with Crippen LogP contribution in [0.2, 0.25) is 0 Å². The van der Waals surface area contributed by atoms with Crippen LogP contribution in [0.15, 0.2) is 78.2 Å². The number of hydrogen-bond acceptors (Lipinski definition) is 7. The lowest BCUT2D eigenvalue weighted by Crippen LogP contribution is -2.38. The van der Waals surface area contributed by atoms with Crippen LogP contribution in [0.4, 0.5) is 5.82 Å². The first-order valence-corrected chi connectivity index (χ1v) is 11.2. The van der Waals surface area contributed by atoms with Crippen molar-refractivity contribution in [3.63, 3.8) is 0 Å². The summed E-state index contributed by atoms with van der Waals surface area (Å²) in [5, 5.41) is 0.994. The number of nitrogens with zero attached hydrogens (tertiary/aromatic N) is 4. The Morgan fingerprint density at radius 3 is 2.03 bits per heavy atom. The van der Waals surface area contributed by atoms with E-state index in [1.807, 2.05) is 25.3 Å². The molecule has 32 heavy (non-hydrogen) atoms. The summed E-state index contributed by atoms with van der Waals surface area (Å²) in [5.74, 6) is -0.375. The number of amides is 2. The monoisotopic (exact) mass is 444 g/mol. The normalized spacial score (nSPS) is 10.7. The zero-order chi connectivity index (χ0) is 22.5. The van der Waals surface area contributed by atoms with E-state index in [-0.39, 0.29) is 5.82 Å². The fourth-order valence-corrected chi connectivity index (χ4v) is 3.55. The highest BCUT2D eigenvalue weighted by atomic mass is 32.2. The number of rotatable bonds is 6. The minimum Gasteiger partial charge on any atom is -0.490 e. The molecule has 0 radical (unpaired) electrons. The molecule has 0 aliphatic heterocycles.